The highest BCUT2D eigenvalue weighted by atomic mass is 16.6. The standard InChI is InChI=1S/C56H46O8/c57-51-25-24-45(32-52(51)58)55-56(46-30-49(61-37-42-17-9-3-10-18-42)34-50(31-46)62-38-43-19-11-4-12-20-43)63-53-26-23-39(29-54(53)64-55)21-22-44-27-47(59-35-40-13-5-1-6-14-40)33-48(28-44)60-36-41-15-7-2-8-16-41/h1-34,55-58H,35-38H2/b22-21+/t55-,56-/m1/s1. The number of benzene rings is 8. The van der Waals surface area contributed by atoms with Crippen molar-refractivity contribution in [2.75, 3.05) is 0 Å². The third-order valence-electron chi connectivity index (χ3n) is 10.7. The summed E-state index contributed by atoms with van der Waals surface area (Å²) in [5, 5.41) is 20.9. The lowest BCUT2D eigenvalue weighted by molar-refractivity contribution is 0.0179. The van der Waals surface area contributed by atoms with Crippen molar-refractivity contribution >= 4 is 12.2 Å². The zero-order valence-corrected chi connectivity index (χ0v) is 35.0. The number of fused-ring (bicyclic) bond motifs is 1. The van der Waals surface area contributed by atoms with E-state index in [2.05, 4.69) is 0 Å². The number of phenols is 2. The van der Waals surface area contributed by atoms with E-state index in [-0.39, 0.29) is 11.5 Å². The molecule has 8 aromatic carbocycles. The Kier molecular flexibility index (Phi) is 12.7. The molecule has 2 atom stereocenters. The van der Waals surface area contributed by atoms with Gasteiger partial charge in [-0.05, 0) is 81.9 Å². The molecule has 0 unspecified atom stereocenters. The minimum atomic E-state index is -0.743. The van der Waals surface area contributed by atoms with Crippen molar-refractivity contribution < 1.29 is 38.6 Å². The monoisotopic (exact) mass is 846 g/mol. The lowest BCUT2D eigenvalue weighted by Gasteiger charge is -2.35. The Bertz CT molecular complexity index is 2690. The van der Waals surface area contributed by atoms with Crippen molar-refractivity contribution in [2.24, 2.45) is 0 Å². The van der Waals surface area contributed by atoms with Crippen LogP contribution in [0.3, 0.4) is 0 Å². The highest BCUT2D eigenvalue weighted by Crippen LogP contribution is 2.48. The van der Waals surface area contributed by atoms with Gasteiger partial charge in [0, 0.05) is 23.3 Å². The van der Waals surface area contributed by atoms with Crippen LogP contribution in [0.15, 0.2) is 194 Å². The van der Waals surface area contributed by atoms with E-state index < -0.39 is 12.2 Å². The predicted octanol–water partition coefficient (Wildman–Crippen LogP) is 12.8. The van der Waals surface area contributed by atoms with Crippen molar-refractivity contribution in [3.63, 3.8) is 0 Å². The van der Waals surface area contributed by atoms with Gasteiger partial charge in [-0.1, -0.05) is 146 Å². The van der Waals surface area contributed by atoms with E-state index in [4.69, 9.17) is 28.4 Å². The van der Waals surface area contributed by atoms with Crippen LogP contribution in [-0.4, -0.2) is 10.2 Å². The van der Waals surface area contributed by atoms with E-state index in [9.17, 15) is 10.2 Å². The second kappa shape index (κ2) is 19.7. The van der Waals surface area contributed by atoms with Crippen molar-refractivity contribution in [3.8, 4) is 46.0 Å². The quantitative estimate of drug-likeness (QED) is 0.0733. The first-order valence-corrected chi connectivity index (χ1v) is 21.1. The van der Waals surface area contributed by atoms with E-state index in [0.29, 0.717) is 66.5 Å². The zero-order valence-electron chi connectivity index (χ0n) is 35.0. The molecule has 0 fully saturated rings. The number of phenolic OH excluding ortho intramolecular Hbond substituents is 2. The Morgan fingerprint density at radius 3 is 1.25 bits per heavy atom. The van der Waals surface area contributed by atoms with Crippen LogP contribution in [0.4, 0.5) is 0 Å². The Balaban J connectivity index is 1.01. The molecule has 0 saturated heterocycles. The number of hydrogen-bond acceptors (Lipinski definition) is 8. The van der Waals surface area contributed by atoms with Gasteiger partial charge < -0.3 is 38.6 Å². The normalized spacial score (nSPS) is 14.2. The molecular formula is C56H46O8. The molecule has 318 valence electrons. The van der Waals surface area contributed by atoms with Gasteiger partial charge >= 0.3 is 0 Å². The van der Waals surface area contributed by atoms with Crippen LogP contribution < -0.4 is 28.4 Å². The number of hydrogen-bond donors (Lipinski definition) is 2. The summed E-state index contributed by atoms with van der Waals surface area (Å²) < 4.78 is 38.9. The molecule has 1 aliphatic rings. The van der Waals surface area contributed by atoms with E-state index in [1.165, 1.54) is 12.1 Å². The highest BCUT2D eigenvalue weighted by molar-refractivity contribution is 5.72. The molecule has 9 rings (SSSR count). The number of ether oxygens (including phenoxy) is 6. The summed E-state index contributed by atoms with van der Waals surface area (Å²) in [4.78, 5) is 0. The van der Waals surface area contributed by atoms with Gasteiger partial charge in [0.1, 0.15) is 49.4 Å². The molecule has 8 heteroatoms. The molecular weight excluding hydrogens is 801 g/mol. The lowest BCUT2D eigenvalue weighted by atomic mass is 9.95. The van der Waals surface area contributed by atoms with E-state index >= 15 is 0 Å². The molecule has 64 heavy (non-hydrogen) atoms. The van der Waals surface area contributed by atoms with Gasteiger partial charge in [0.05, 0.1) is 0 Å². The van der Waals surface area contributed by atoms with Gasteiger partial charge in [0.25, 0.3) is 0 Å². The third-order valence-corrected chi connectivity index (χ3v) is 10.7. The van der Waals surface area contributed by atoms with Gasteiger partial charge in [0.15, 0.2) is 35.2 Å². The zero-order chi connectivity index (χ0) is 43.5. The van der Waals surface area contributed by atoms with Crippen molar-refractivity contribution in [3.05, 3.63) is 239 Å². The van der Waals surface area contributed by atoms with Gasteiger partial charge in [0.2, 0.25) is 0 Å². The summed E-state index contributed by atoms with van der Waals surface area (Å²) in [6, 6.07) is 62.1. The van der Waals surface area contributed by atoms with Crippen LogP contribution >= 0.6 is 0 Å². The molecule has 0 amide bonds. The first kappa shape index (κ1) is 41.3. The van der Waals surface area contributed by atoms with Crippen LogP contribution in [-0.2, 0) is 26.4 Å². The fraction of sp³-hybridized carbons (Fsp3) is 0.107. The maximum absolute atomic E-state index is 10.7. The lowest BCUT2D eigenvalue weighted by Crippen LogP contribution is -2.26. The molecule has 0 aromatic heterocycles. The summed E-state index contributed by atoms with van der Waals surface area (Å²) in [5.41, 5.74) is 7.27. The Labute approximate surface area is 372 Å². The van der Waals surface area contributed by atoms with Crippen molar-refractivity contribution in [2.45, 2.75) is 38.6 Å². The smallest absolute Gasteiger partial charge is 0.165 e. The fourth-order valence-corrected chi connectivity index (χ4v) is 7.36. The molecule has 1 aliphatic heterocycles. The molecule has 0 saturated carbocycles. The summed E-state index contributed by atoms with van der Waals surface area (Å²) in [6.45, 7) is 1.54. The SMILES string of the molecule is Oc1ccc([C@H]2Oc3cc(/C=C/c4cc(OCc5ccccc5)cc(OCc5ccccc5)c4)ccc3O[C@@H]2c2cc(OCc3ccccc3)cc(OCc3ccccc3)c2)cc1O. The second-order valence-electron chi connectivity index (χ2n) is 15.4. The average Bonchev–Trinajstić information content (AvgIpc) is 3.35. The molecule has 0 radical (unpaired) electrons. The summed E-state index contributed by atoms with van der Waals surface area (Å²) in [7, 11) is 0. The summed E-state index contributed by atoms with van der Waals surface area (Å²) >= 11 is 0. The first-order chi connectivity index (χ1) is 31.5. The molecule has 0 bridgehead atoms. The predicted molar refractivity (Wildman–Crippen MR) is 248 cm³/mol. The molecule has 2 N–H and O–H groups in total. The van der Waals surface area contributed by atoms with Crippen molar-refractivity contribution in [1.82, 2.24) is 0 Å². The average molecular weight is 847 g/mol. The summed E-state index contributed by atoms with van der Waals surface area (Å²) in [6.07, 6.45) is 2.56. The van der Waals surface area contributed by atoms with E-state index in [1.54, 1.807) is 6.07 Å². The van der Waals surface area contributed by atoms with Crippen LogP contribution in [0, 0.1) is 0 Å². The van der Waals surface area contributed by atoms with E-state index in [0.717, 1.165) is 38.9 Å². The highest BCUT2D eigenvalue weighted by Gasteiger charge is 2.36. The third kappa shape index (κ3) is 10.7. The Hall–Kier alpha value is -8.10. The van der Waals surface area contributed by atoms with Gasteiger partial charge in [-0.25, -0.2) is 0 Å². The number of aromatic hydroxyl groups is 2. The second-order valence-corrected chi connectivity index (χ2v) is 15.4. The molecule has 0 spiro atoms. The fourth-order valence-electron chi connectivity index (χ4n) is 7.36. The largest absolute Gasteiger partial charge is 0.504 e. The van der Waals surface area contributed by atoms with Crippen LogP contribution in [0.2, 0.25) is 0 Å². The Morgan fingerprint density at radius 1 is 0.359 bits per heavy atom. The Morgan fingerprint density at radius 2 is 0.781 bits per heavy atom. The molecule has 0 aliphatic carbocycles. The van der Waals surface area contributed by atoms with Crippen LogP contribution in [0.5, 0.6) is 46.0 Å². The topological polar surface area (TPSA) is 95.8 Å². The van der Waals surface area contributed by atoms with Crippen LogP contribution in [0.25, 0.3) is 12.2 Å². The van der Waals surface area contributed by atoms with Gasteiger partial charge in [-0.2, -0.15) is 0 Å². The van der Waals surface area contributed by atoms with Crippen molar-refractivity contribution in [1.29, 1.82) is 0 Å². The number of rotatable bonds is 16. The van der Waals surface area contributed by atoms with Crippen LogP contribution in [0.1, 0.15) is 56.7 Å². The molecule has 8 nitrogen and oxygen atoms in total. The first-order valence-electron chi connectivity index (χ1n) is 21.1. The maximum atomic E-state index is 10.7. The minimum absolute atomic E-state index is 0.235. The molecule has 8 aromatic rings. The minimum Gasteiger partial charge on any atom is -0.504 e. The van der Waals surface area contributed by atoms with Gasteiger partial charge in [-0.15, -0.1) is 0 Å². The van der Waals surface area contributed by atoms with E-state index in [1.807, 2.05) is 188 Å². The summed E-state index contributed by atoms with van der Waals surface area (Å²) in [5.74, 6) is 3.11. The molecule has 1 heterocycles. The maximum Gasteiger partial charge on any atom is 0.165 e. The van der Waals surface area contributed by atoms with Gasteiger partial charge in [-0.3, -0.25) is 0 Å².